The summed E-state index contributed by atoms with van der Waals surface area (Å²) in [5.74, 6) is 0.220. The molecule has 0 aliphatic rings. The number of anilines is 1. The minimum absolute atomic E-state index is 0.341. The van der Waals surface area contributed by atoms with Gasteiger partial charge in [-0.1, -0.05) is 12.1 Å². The summed E-state index contributed by atoms with van der Waals surface area (Å²) in [4.78, 5) is 23.1. The Labute approximate surface area is 170 Å². The van der Waals surface area contributed by atoms with Gasteiger partial charge >= 0.3 is 6.18 Å². The van der Waals surface area contributed by atoms with Crippen molar-refractivity contribution in [3.8, 4) is 0 Å². The van der Waals surface area contributed by atoms with E-state index in [1.165, 1.54) is 12.4 Å². The number of alkyl halides is 3. The second-order valence-corrected chi connectivity index (χ2v) is 8.11. The Kier molecular flexibility index (Phi) is 5.79. The molecule has 1 aromatic carbocycles. The van der Waals surface area contributed by atoms with Crippen LogP contribution in [0.4, 0.5) is 19.0 Å². The molecule has 3 rings (SSSR count). The number of aryl methyl sites for hydroxylation is 2. The van der Waals surface area contributed by atoms with Crippen LogP contribution in [0.15, 0.2) is 30.6 Å². The van der Waals surface area contributed by atoms with Crippen LogP contribution in [0.5, 0.6) is 0 Å². The van der Waals surface area contributed by atoms with E-state index in [9.17, 15) is 18.0 Å². The van der Waals surface area contributed by atoms with Crippen LogP contribution in [-0.2, 0) is 11.0 Å². The lowest BCUT2D eigenvalue weighted by Crippen LogP contribution is -2.39. The SMILES string of the molecule is Cc1sc2ncnc(N[C@H](C)C(=O)N[C@H](C)c3cccc(C(F)(F)F)c3)c2c1C. The molecule has 0 radical (unpaired) electrons. The molecule has 5 nitrogen and oxygen atoms in total. The average Bonchev–Trinajstić information content (AvgIpc) is 2.96. The van der Waals surface area contributed by atoms with Gasteiger partial charge in [0.25, 0.3) is 0 Å². The highest BCUT2D eigenvalue weighted by Gasteiger charge is 2.31. The minimum atomic E-state index is -4.43. The van der Waals surface area contributed by atoms with Gasteiger partial charge in [0.15, 0.2) is 0 Å². The van der Waals surface area contributed by atoms with Crippen molar-refractivity contribution in [1.82, 2.24) is 15.3 Å². The van der Waals surface area contributed by atoms with Gasteiger partial charge in [0.2, 0.25) is 5.91 Å². The molecular weight excluding hydrogens is 401 g/mol. The second-order valence-electron chi connectivity index (χ2n) is 6.91. The summed E-state index contributed by atoms with van der Waals surface area (Å²) >= 11 is 1.56. The van der Waals surface area contributed by atoms with Crippen LogP contribution < -0.4 is 10.6 Å². The van der Waals surface area contributed by atoms with E-state index in [0.717, 1.165) is 32.8 Å². The molecule has 0 bridgehead atoms. The van der Waals surface area contributed by atoms with Crippen LogP contribution in [-0.4, -0.2) is 21.9 Å². The summed E-state index contributed by atoms with van der Waals surface area (Å²) in [7, 11) is 0. The molecule has 2 atom stereocenters. The maximum atomic E-state index is 12.9. The molecule has 0 aliphatic heterocycles. The van der Waals surface area contributed by atoms with Gasteiger partial charge in [0.05, 0.1) is 17.0 Å². The first-order valence-corrected chi connectivity index (χ1v) is 9.84. The number of rotatable bonds is 5. The first-order valence-electron chi connectivity index (χ1n) is 9.02. The molecule has 2 heterocycles. The molecule has 0 spiro atoms. The molecule has 0 saturated carbocycles. The zero-order valence-electron chi connectivity index (χ0n) is 16.4. The lowest BCUT2D eigenvalue weighted by molar-refractivity contribution is -0.137. The van der Waals surface area contributed by atoms with E-state index in [1.54, 1.807) is 31.3 Å². The van der Waals surface area contributed by atoms with Crippen molar-refractivity contribution < 1.29 is 18.0 Å². The molecule has 1 amide bonds. The largest absolute Gasteiger partial charge is 0.416 e. The zero-order valence-corrected chi connectivity index (χ0v) is 17.2. The molecular formula is C20H21F3N4OS. The Morgan fingerprint density at radius 1 is 1.17 bits per heavy atom. The minimum Gasteiger partial charge on any atom is -0.358 e. The lowest BCUT2D eigenvalue weighted by atomic mass is 10.0. The monoisotopic (exact) mass is 422 g/mol. The van der Waals surface area contributed by atoms with Gasteiger partial charge < -0.3 is 10.6 Å². The van der Waals surface area contributed by atoms with Gasteiger partial charge in [0, 0.05) is 4.88 Å². The summed E-state index contributed by atoms with van der Waals surface area (Å²) in [6.07, 6.45) is -2.99. The third-order valence-corrected chi connectivity index (χ3v) is 5.90. The molecule has 9 heteroatoms. The van der Waals surface area contributed by atoms with Gasteiger partial charge in [0.1, 0.15) is 23.0 Å². The van der Waals surface area contributed by atoms with Crippen LogP contribution in [0.3, 0.4) is 0 Å². The Bertz CT molecular complexity index is 1050. The van der Waals surface area contributed by atoms with Crippen molar-refractivity contribution >= 4 is 33.3 Å². The number of halogens is 3. The molecule has 154 valence electrons. The fourth-order valence-corrected chi connectivity index (χ4v) is 3.97. The first kappa shape index (κ1) is 21.0. The van der Waals surface area contributed by atoms with Gasteiger partial charge in [-0.3, -0.25) is 4.79 Å². The predicted molar refractivity (Wildman–Crippen MR) is 108 cm³/mol. The predicted octanol–water partition coefficient (Wildman–Crippen LogP) is 5.00. The fourth-order valence-electron chi connectivity index (χ4n) is 2.97. The van der Waals surface area contributed by atoms with Crippen LogP contribution in [0.25, 0.3) is 10.2 Å². The normalized spacial score (nSPS) is 13.9. The number of carbonyl (C=O) groups is 1. The average molecular weight is 422 g/mol. The highest BCUT2D eigenvalue weighted by atomic mass is 32.1. The van der Waals surface area contributed by atoms with E-state index < -0.39 is 23.8 Å². The molecule has 3 aromatic rings. The van der Waals surface area contributed by atoms with Gasteiger partial charge in [-0.25, -0.2) is 9.97 Å². The summed E-state index contributed by atoms with van der Waals surface area (Å²) in [6.45, 7) is 7.30. The topological polar surface area (TPSA) is 66.9 Å². The number of thiophene rings is 1. The second kappa shape index (κ2) is 7.98. The van der Waals surface area contributed by atoms with Crippen LogP contribution >= 0.6 is 11.3 Å². The number of hydrogen-bond acceptors (Lipinski definition) is 5. The third kappa shape index (κ3) is 4.50. The van der Waals surface area contributed by atoms with Crippen LogP contribution in [0.1, 0.15) is 41.5 Å². The van der Waals surface area contributed by atoms with E-state index in [4.69, 9.17) is 0 Å². The first-order chi connectivity index (χ1) is 13.6. The van der Waals surface area contributed by atoms with Crippen molar-refractivity contribution in [2.75, 3.05) is 5.32 Å². The van der Waals surface area contributed by atoms with E-state index >= 15 is 0 Å². The zero-order chi connectivity index (χ0) is 21.3. The molecule has 29 heavy (non-hydrogen) atoms. The van der Waals surface area contributed by atoms with Gasteiger partial charge in [-0.2, -0.15) is 13.2 Å². The van der Waals surface area contributed by atoms with Crippen LogP contribution in [0, 0.1) is 13.8 Å². The quantitative estimate of drug-likeness (QED) is 0.607. The highest BCUT2D eigenvalue weighted by Crippen LogP contribution is 2.33. The molecule has 0 unspecified atom stereocenters. The molecule has 0 aliphatic carbocycles. The number of hydrogen-bond donors (Lipinski definition) is 2. The summed E-state index contributed by atoms with van der Waals surface area (Å²) in [5, 5.41) is 6.72. The summed E-state index contributed by atoms with van der Waals surface area (Å²) in [5.41, 5.74) is 0.695. The van der Waals surface area contributed by atoms with Gasteiger partial charge in [-0.05, 0) is 51.0 Å². The van der Waals surface area contributed by atoms with Gasteiger partial charge in [-0.15, -0.1) is 11.3 Å². The number of carbonyl (C=O) groups excluding carboxylic acids is 1. The van der Waals surface area contributed by atoms with Crippen molar-refractivity contribution in [3.63, 3.8) is 0 Å². The van der Waals surface area contributed by atoms with E-state index in [-0.39, 0.29) is 5.91 Å². The maximum absolute atomic E-state index is 12.9. The highest BCUT2D eigenvalue weighted by molar-refractivity contribution is 7.18. The van der Waals surface area contributed by atoms with E-state index in [1.807, 2.05) is 13.8 Å². The molecule has 0 saturated heterocycles. The van der Waals surface area contributed by atoms with Crippen molar-refractivity contribution in [2.45, 2.75) is 46.0 Å². The standard InChI is InChI=1S/C20H21F3N4OS/c1-10-13(4)29-19-16(10)17(24-9-25-19)26-12(3)18(28)27-11(2)14-6-5-7-15(8-14)20(21,22)23/h5-9,11-12H,1-4H3,(H,27,28)(H,24,25,26)/t11-,12-/m1/s1. The fraction of sp³-hybridized carbons (Fsp3) is 0.350. The van der Waals surface area contributed by atoms with Crippen molar-refractivity contribution in [2.24, 2.45) is 0 Å². The number of amides is 1. The van der Waals surface area contributed by atoms with Crippen molar-refractivity contribution in [3.05, 3.63) is 52.2 Å². The smallest absolute Gasteiger partial charge is 0.358 e. The van der Waals surface area contributed by atoms with E-state index in [0.29, 0.717) is 11.4 Å². The summed E-state index contributed by atoms with van der Waals surface area (Å²) < 4.78 is 38.8. The lowest BCUT2D eigenvalue weighted by Gasteiger charge is -2.20. The maximum Gasteiger partial charge on any atom is 0.416 e. The number of fused-ring (bicyclic) bond motifs is 1. The Balaban J connectivity index is 1.73. The van der Waals surface area contributed by atoms with E-state index in [2.05, 4.69) is 20.6 Å². The third-order valence-electron chi connectivity index (χ3n) is 4.78. The van der Waals surface area contributed by atoms with Crippen LogP contribution in [0.2, 0.25) is 0 Å². The van der Waals surface area contributed by atoms with Crippen molar-refractivity contribution in [1.29, 1.82) is 0 Å². The molecule has 2 aromatic heterocycles. The molecule has 2 N–H and O–H groups in total. The summed E-state index contributed by atoms with van der Waals surface area (Å²) in [6, 6.07) is 3.74. The number of nitrogens with zero attached hydrogens (tertiary/aromatic N) is 2. The molecule has 0 fully saturated rings. The number of benzene rings is 1. The Hall–Kier alpha value is -2.68. The Morgan fingerprint density at radius 3 is 2.59 bits per heavy atom. The number of aromatic nitrogens is 2. The number of nitrogens with one attached hydrogen (secondary N) is 2. The Morgan fingerprint density at radius 2 is 1.90 bits per heavy atom.